The van der Waals surface area contributed by atoms with Crippen molar-refractivity contribution in [2.75, 3.05) is 19.6 Å². The molecule has 0 spiro atoms. The fraction of sp³-hybridized carbons (Fsp3) is 1.00. The molecule has 2 bridgehead atoms. The lowest BCUT2D eigenvalue weighted by Crippen LogP contribution is -2.57. The summed E-state index contributed by atoms with van der Waals surface area (Å²) in [6.07, 6.45) is 8.60. The number of nitrogens with two attached hydrogens (primary N) is 1. The van der Waals surface area contributed by atoms with Crippen LogP contribution >= 0.6 is 0 Å². The summed E-state index contributed by atoms with van der Waals surface area (Å²) >= 11 is 0. The first kappa shape index (κ1) is 13.3. The Balaban J connectivity index is 1.92. The van der Waals surface area contributed by atoms with Crippen LogP contribution in [-0.4, -0.2) is 42.3 Å². The fourth-order valence-corrected chi connectivity index (χ4v) is 3.20. The van der Waals surface area contributed by atoms with E-state index < -0.39 is 0 Å². The van der Waals surface area contributed by atoms with Crippen molar-refractivity contribution in [1.82, 2.24) is 4.90 Å². The second kappa shape index (κ2) is 5.68. The minimum atomic E-state index is 0.194. The number of morpholine rings is 1. The molecular weight excluding hydrogens is 212 g/mol. The summed E-state index contributed by atoms with van der Waals surface area (Å²) < 4.78 is 5.91. The van der Waals surface area contributed by atoms with Crippen LogP contribution < -0.4 is 5.73 Å². The summed E-state index contributed by atoms with van der Waals surface area (Å²) in [6, 6.07) is 0. The quantitative estimate of drug-likeness (QED) is 0.723. The van der Waals surface area contributed by atoms with Crippen molar-refractivity contribution in [2.24, 2.45) is 5.73 Å². The predicted molar refractivity (Wildman–Crippen MR) is 71.1 cm³/mol. The van der Waals surface area contributed by atoms with Crippen molar-refractivity contribution in [3.8, 4) is 0 Å². The van der Waals surface area contributed by atoms with Gasteiger partial charge in [-0.15, -0.1) is 0 Å². The van der Waals surface area contributed by atoms with E-state index in [4.69, 9.17) is 10.5 Å². The fourth-order valence-electron chi connectivity index (χ4n) is 3.20. The van der Waals surface area contributed by atoms with Gasteiger partial charge in [0.2, 0.25) is 0 Å². The summed E-state index contributed by atoms with van der Waals surface area (Å²) in [5.41, 5.74) is 6.24. The van der Waals surface area contributed by atoms with Gasteiger partial charge in [0.15, 0.2) is 0 Å². The summed E-state index contributed by atoms with van der Waals surface area (Å²) in [4.78, 5) is 2.61. The predicted octanol–water partition coefficient (Wildman–Crippen LogP) is 2.15. The molecule has 2 fully saturated rings. The minimum Gasteiger partial charge on any atom is -0.372 e. The lowest BCUT2D eigenvalue weighted by molar-refractivity contribution is -0.0749. The molecule has 2 aliphatic rings. The summed E-state index contributed by atoms with van der Waals surface area (Å²) in [5, 5.41) is 0. The molecule has 2 rings (SSSR count). The molecule has 0 amide bonds. The van der Waals surface area contributed by atoms with Gasteiger partial charge >= 0.3 is 0 Å². The molecule has 100 valence electrons. The Kier molecular flexibility index (Phi) is 4.45. The molecule has 3 heteroatoms. The largest absolute Gasteiger partial charge is 0.372 e. The van der Waals surface area contributed by atoms with Crippen LogP contribution in [0.3, 0.4) is 0 Å². The van der Waals surface area contributed by atoms with Crippen LogP contribution in [0.25, 0.3) is 0 Å². The molecule has 2 saturated heterocycles. The zero-order valence-corrected chi connectivity index (χ0v) is 11.5. The zero-order chi connectivity index (χ0) is 12.3. The van der Waals surface area contributed by atoms with Gasteiger partial charge in [0.05, 0.1) is 12.2 Å². The molecule has 3 atom stereocenters. The molecular formula is C14H28N2O. The van der Waals surface area contributed by atoms with Gasteiger partial charge in [0, 0.05) is 25.2 Å². The molecule has 2 aliphatic heterocycles. The first-order valence-corrected chi connectivity index (χ1v) is 7.28. The van der Waals surface area contributed by atoms with Gasteiger partial charge < -0.3 is 10.5 Å². The summed E-state index contributed by atoms with van der Waals surface area (Å²) in [5.74, 6) is 0. The van der Waals surface area contributed by atoms with Gasteiger partial charge in [-0.25, -0.2) is 0 Å². The van der Waals surface area contributed by atoms with Crippen LogP contribution in [-0.2, 0) is 4.74 Å². The van der Waals surface area contributed by atoms with Crippen molar-refractivity contribution >= 4 is 0 Å². The molecule has 0 aromatic carbocycles. The second-order valence-corrected chi connectivity index (χ2v) is 6.02. The van der Waals surface area contributed by atoms with Gasteiger partial charge in [0.1, 0.15) is 0 Å². The molecule has 0 radical (unpaired) electrons. The smallest absolute Gasteiger partial charge is 0.0707 e. The average Bonchev–Trinajstić information content (AvgIpc) is 2.68. The van der Waals surface area contributed by atoms with Crippen LogP contribution in [0.2, 0.25) is 0 Å². The summed E-state index contributed by atoms with van der Waals surface area (Å²) in [6.45, 7) is 7.56. The van der Waals surface area contributed by atoms with Gasteiger partial charge in [-0.3, -0.25) is 4.90 Å². The molecule has 0 aromatic heterocycles. The highest BCUT2D eigenvalue weighted by Gasteiger charge is 2.40. The number of hydrogen-bond acceptors (Lipinski definition) is 3. The maximum absolute atomic E-state index is 6.05. The maximum Gasteiger partial charge on any atom is 0.0707 e. The van der Waals surface area contributed by atoms with Crippen LogP contribution in [0.1, 0.15) is 52.4 Å². The normalized spacial score (nSPS) is 32.6. The third-order valence-electron chi connectivity index (χ3n) is 4.57. The van der Waals surface area contributed by atoms with Crippen LogP contribution in [0, 0.1) is 0 Å². The van der Waals surface area contributed by atoms with E-state index in [0.29, 0.717) is 12.2 Å². The van der Waals surface area contributed by atoms with Gasteiger partial charge in [-0.1, -0.05) is 26.2 Å². The molecule has 0 saturated carbocycles. The second-order valence-electron chi connectivity index (χ2n) is 6.02. The Morgan fingerprint density at radius 2 is 1.88 bits per heavy atom. The van der Waals surface area contributed by atoms with Gasteiger partial charge in [0.25, 0.3) is 0 Å². The maximum atomic E-state index is 6.05. The monoisotopic (exact) mass is 240 g/mol. The Morgan fingerprint density at radius 3 is 2.41 bits per heavy atom. The van der Waals surface area contributed by atoms with E-state index in [9.17, 15) is 0 Å². The molecule has 0 aromatic rings. The van der Waals surface area contributed by atoms with Crippen molar-refractivity contribution < 1.29 is 4.74 Å². The number of rotatable bonds is 6. The number of likely N-dealkylation sites (tertiary alicyclic amines) is 1. The Hall–Kier alpha value is -0.120. The van der Waals surface area contributed by atoms with E-state index >= 15 is 0 Å². The van der Waals surface area contributed by atoms with E-state index in [1.807, 2.05) is 0 Å². The van der Waals surface area contributed by atoms with E-state index in [-0.39, 0.29) is 5.54 Å². The van der Waals surface area contributed by atoms with E-state index in [2.05, 4.69) is 18.7 Å². The minimum absolute atomic E-state index is 0.194. The average molecular weight is 240 g/mol. The zero-order valence-electron chi connectivity index (χ0n) is 11.5. The molecule has 3 nitrogen and oxygen atoms in total. The SMILES string of the molecule is CCCCCC(C)(CN)N1CC2CCC(C1)O2. The van der Waals surface area contributed by atoms with Crippen LogP contribution in [0.5, 0.6) is 0 Å². The van der Waals surface area contributed by atoms with Crippen molar-refractivity contribution in [3.05, 3.63) is 0 Å². The molecule has 0 aliphatic carbocycles. The Bertz CT molecular complexity index is 234. The first-order chi connectivity index (χ1) is 8.18. The van der Waals surface area contributed by atoms with E-state index in [1.165, 1.54) is 38.5 Å². The van der Waals surface area contributed by atoms with E-state index in [1.54, 1.807) is 0 Å². The lowest BCUT2D eigenvalue weighted by atomic mass is 9.91. The number of ether oxygens (including phenoxy) is 1. The molecule has 3 unspecified atom stereocenters. The third-order valence-corrected chi connectivity index (χ3v) is 4.57. The van der Waals surface area contributed by atoms with Crippen molar-refractivity contribution in [1.29, 1.82) is 0 Å². The third kappa shape index (κ3) is 3.01. The number of fused-ring (bicyclic) bond motifs is 2. The van der Waals surface area contributed by atoms with Crippen molar-refractivity contribution in [2.45, 2.75) is 70.1 Å². The van der Waals surface area contributed by atoms with Gasteiger partial charge in [-0.05, 0) is 26.2 Å². The standard InChI is InChI=1S/C14H28N2O/c1-3-4-5-8-14(2,11-15)16-9-12-6-7-13(10-16)17-12/h12-13H,3-11,15H2,1-2H3. The molecule has 2 N–H and O–H groups in total. The molecule has 17 heavy (non-hydrogen) atoms. The van der Waals surface area contributed by atoms with Crippen LogP contribution in [0.15, 0.2) is 0 Å². The van der Waals surface area contributed by atoms with Crippen molar-refractivity contribution in [3.63, 3.8) is 0 Å². The topological polar surface area (TPSA) is 38.5 Å². The number of unbranched alkanes of at least 4 members (excludes halogenated alkanes) is 2. The highest BCUT2D eigenvalue weighted by molar-refractivity contribution is 4.95. The molecule has 2 heterocycles. The Labute approximate surface area is 106 Å². The summed E-state index contributed by atoms with van der Waals surface area (Å²) in [7, 11) is 0. The van der Waals surface area contributed by atoms with E-state index in [0.717, 1.165) is 19.6 Å². The van der Waals surface area contributed by atoms with Gasteiger partial charge in [-0.2, -0.15) is 0 Å². The number of nitrogens with zero attached hydrogens (tertiary/aromatic N) is 1. The van der Waals surface area contributed by atoms with Crippen LogP contribution in [0.4, 0.5) is 0 Å². The highest BCUT2D eigenvalue weighted by atomic mass is 16.5. The first-order valence-electron chi connectivity index (χ1n) is 7.28. The number of hydrogen-bond donors (Lipinski definition) is 1. The lowest BCUT2D eigenvalue weighted by Gasteiger charge is -2.45. The highest BCUT2D eigenvalue weighted by Crippen LogP contribution is 2.32. The Morgan fingerprint density at radius 1 is 1.24 bits per heavy atom.